The quantitative estimate of drug-likeness (QED) is 0.906. The standard InChI is InChI=1S/C17H24N4O/c1-11(2)18-17(22)19-13-8-9-15-14(10-13)20-16(21(15)3)12-6-4-5-7-12/h8-12H,4-7H2,1-3H3,(H2,18,19,22). The first-order valence-electron chi connectivity index (χ1n) is 8.08. The summed E-state index contributed by atoms with van der Waals surface area (Å²) in [6.07, 6.45) is 5.07. The molecule has 1 heterocycles. The molecule has 2 N–H and O–H groups in total. The number of hydrogen-bond donors (Lipinski definition) is 2. The lowest BCUT2D eigenvalue weighted by Gasteiger charge is -2.10. The minimum Gasteiger partial charge on any atom is -0.336 e. The van der Waals surface area contributed by atoms with Gasteiger partial charge >= 0.3 is 6.03 Å². The number of nitrogens with zero attached hydrogens (tertiary/aromatic N) is 2. The first-order valence-corrected chi connectivity index (χ1v) is 8.08. The Labute approximate surface area is 131 Å². The number of nitrogens with one attached hydrogen (secondary N) is 2. The van der Waals surface area contributed by atoms with Gasteiger partial charge in [-0.1, -0.05) is 12.8 Å². The maximum Gasteiger partial charge on any atom is 0.319 e. The van der Waals surface area contributed by atoms with Gasteiger partial charge in [-0.2, -0.15) is 0 Å². The molecule has 118 valence electrons. The fraction of sp³-hybridized carbons (Fsp3) is 0.529. The molecule has 1 fully saturated rings. The van der Waals surface area contributed by atoms with E-state index in [1.807, 2.05) is 32.0 Å². The molecular weight excluding hydrogens is 276 g/mol. The Bertz CT molecular complexity index is 683. The van der Waals surface area contributed by atoms with Crippen LogP contribution in [-0.2, 0) is 7.05 Å². The van der Waals surface area contributed by atoms with Crippen LogP contribution in [0.15, 0.2) is 18.2 Å². The fourth-order valence-electron chi connectivity index (χ4n) is 3.27. The molecule has 1 aliphatic rings. The summed E-state index contributed by atoms with van der Waals surface area (Å²) in [4.78, 5) is 16.6. The molecule has 5 heteroatoms. The van der Waals surface area contributed by atoms with Crippen LogP contribution in [0.25, 0.3) is 11.0 Å². The third kappa shape index (κ3) is 2.93. The predicted octanol–water partition coefficient (Wildman–Crippen LogP) is 3.76. The highest BCUT2D eigenvalue weighted by Crippen LogP contribution is 2.35. The zero-order valence-corrected chi connectivity index (χ0v) is 13.5. The number of anilines is 1. The van der Waals surface area contributed by atoms with Crippen molar-refractivity contribution in [3.8, 4) is 0 Å². The molecule has 1 aromatic carbocycles. The van der Waals surface area contributed by atoms with Gasteiger partial charge in [-0.15, -0.1) is 0 Å². The van der Waals surface area contributed by atoms with Crippen molar-refractivity contribution in [1.29, 1.82) is 0 Å². The molecule has 0 aliphatic heterocycles. The van der Waals surface area contributed by atoms with Gasteiger partial charge in [-0.25, -0.2) is 9.78 Å². The van der Waals surface area contributed by atoms with Crippen molar-refractivity contribution >= 4 is 22.8 Å². The van der Waals surface area contributed by atoms with Crippen molar-refractivity contribution in [2.24, 2.45) is 7.05 Å². The van der Waals surface area contributed by atoms with E-state index in [0.29, 0.717) is 5.92 Å². The molecule has 0 bridgehead atoms. The summed E-state index contributed by atoms with van der Waals surface area (Å²) < 4.78 is 2.20. The normalized spacial score (nSPS) is 15.6. The molecule has 0 radical (unpaired) electrons. The maximum atomic E-state index is 11.8. The zero-order chi connectivity index (χ0) is 15.7. The molecule has 1 aromatic heterocycles. The van der Waals surface area contributed by atoms with E-state index < -0.39 is 0 Å². The summed E-state index contributed by atoms with van der Waals surface area (Å²) in [7, 11) is 2.08. The molecule has 5 nitrogen and oxygen atoms in total. The average molecular weight is 300 g/mol. The molecule has 1 aliphatic carbocycles. The Morgan fingerprint density at radius 1 is 1.32 bits per heavy atom. The molecule has 2 aromatic rings. The van der Waals surface area contributed by atoms with Crippen LogP contribution in [0.5, 0.6) is 0 Å². The second-order valence-electron chi connectivity index (χ2n) is 6.47. The van der Waals surface area contributed by atoms with Crippen LogP contribution in [0.1, 0.15) is 51.3 Å². The van der Waals surface area contributed by atoms with Crippen LogP contribution in [-0.4, -0.2) is 21.6 Å². The molecule has 3 rings (SSSR count). The lowest BCUT2D eigenvalue weighted by molar-refractivity contribution is 0.250. The summed E-state index contributed by atoms with van der Waals surface area (Å²) in [5.74, 6) is 1.76. The summed E-state index contributed by atoms with van der Waals surface area (Å²) in [6, 6.07) is 5.86. The smallest absolute Gasteiger partial charge is 0.319 e. The second-order valence-corrected chi connectivity index (χ2v) is 6.47. The number of imidazole rings is 1. The highest BCUT2D eigenvalue weighted by molar-refractivity contribution is 5.92. The Balaban J connectivity index is 1.85. The van der Waals surface area contributed by atoms with E-state index in [4.69, 9.17) is 4.98 Å². The first-order chi connectivity index (χ1) is 10.5. The molecule has 22 heavy (non-hydrogen) atoms. The number of hydrogen-bond acceptors (Lipinski definition) is 2. The van der Waals surface area contributed by atoms with Gasteiger partial charge in [-0.05, 0) is 44.9 Å². The van der Waals surface area contributed by atoms with E-state index in [-0.39, 0.29) is 12.1 Å². The largest absolute Gasteiger partial charge is 0.336 e. The Morgan fingerprint density at radius 2 is 2.05 bits per heavy atom. The van der Waals surface area contributed by atoms with Crippen LogP contribution < -0.4 is 10.6 Å². The number of aryl methyl sites for hydroxylation is 1. The lowest BCUT2D eigenvalue weighted by Crippen LogP contribution is -2.34. The van der Waals surface area contributed by atoms with E-state index in [2.05, 4.69) is 22.2 Å². The Morgan fingerprint density at radius 3 is 2.73 bits per heavy atom. The molecule has 1 saturated carbocycles. The number of carbonyl (C=O) groups is 1. The van der Waals surface area contributed by atoms with Crippen LogP contribution in [0, 0.1) is 0 Å². The average Bonchev–Trinajstić information content (AvgIpc) is 3.06. The molecule has 0 atom stereocenters. The number of amides is 2. The first kappa shape index (κ1) is 14.9. The predicted molar refractivity (Wildman–Crippen MR) is 89.2 cm³/mol. The minimum atomic E-state index is -0.179. The van der Waals surface area contributed by atoms with Gasteiger partial charge in [0.25, 0.3) is 0 Å². The number of fused-ring (bicyclic) bond motifs is 1. The number of urea groups is 1. The number of carbonyl (C=O) groups excluding carboxylic acids is 1. The molecule has 2 amide bonds. The van der Waals surface area contributed by atoms with Crippen LogP contribution in [0.4, 0.5) is 10.5 Å². The SMILES string of the molecule is CC(C)NC(=O)Nc1ccc2c(c1)nc(C1CCCC1)n2C. The van der Waals surface area contributed by atoms with Gasteiger partial charge in [0.1, 0.15) is 5.82 Å². The lowest BCUT2D eigenvalue weighted by atomic mass is 10.1. The van der Waals surface area contributed by atoms with Gasteiger partial charge in [0, 0.05) is 24.7 Å². The third-order valence-electron chi connectivity index (χ3n) is 4.31. The minimum absolute atomic E-state index is 0.118. The van der Waals surface area contributed by atoms with E-state index in [1.54, 1.807) is 0 Å². The summed E-state index contributed by atoms with van der Waals surface area (Å²) in [5.41, 5.74) is 2.85. The van der Waals surface area contributed by atoms with E-state index in [0.717, 1.165) is 16.7 Å². The second kappa shape index (κ2) is 5.99. The van der Waals surface area contributed by atoms with E-state index in [1.165, 1.54) is 31.5 Å². The van der Waals surface area contributed by atoms with Crippen LogP contribution in [0.2, 0.25) is 0 Å². The number of benzene rings is 1. The fourth-order valence-corrected chi connectivity index (χ4v) is 3.27. The van der Waals surface area contributed by atoms with Crippen molar-refractivity contribution < 1.29 is 4.79 Å². The van der Waals surface area contributed by atoms with Gasteiger partial charge in [-0.3, -0.25) is 0 Å². The van der Waals surface area contributed by atoms with Crippen molar-refractivity contribution in [2.45, 2.75) is 51.5 Å². The molecular formula is C17H24N4O. The summed E-state index contributed by atoms with van der Waals surface area (Å²) in [6.45, 7) is 3.88. The zero-order valence-electron chi connectivity index (χ0n) is 13.5. The van der Waals surface area contributed by atoms with Gasteiger partial charge in [0.15, 0.2) is 0 Å². The van der Waals surface area contributed by atoms with Crippen molar-refractivity contribution in [2.75, 3.05) is 5.32 Å². The number of rotatable bonds is 3. The van der Waals surface area contributed by atoms with E-state index >= 15 is 0 Å². The molecule has 0 spiro atoms. The topological polar surface area (TPSA) is 59.0 Å². The monoisotopic (exact) mass is 300 g/mol. The van der Waals surface area contributed by atoms with E-state index in [9.17, 15) is 4.79 Å². The highest BCUT2D eigenvalue weighted by atomic mass is 16.2. The van der Waals surface area contributed by atoms with Crippen LogP contribution >= 0.6 is 0 Å². The Hall–Kier alpha value is -2.04. The maximum absolute atomic E-state index is 11.8. The summed E-state index contributed by atoms with van der Waals surface area (Å²) >= 11 is 0. The summed E-state index contributed by atoms with van der Waals surface area (Å²) in [5, 5.41) is 5.69. The third-order valence-corrected chi connectivity index (χ3v) is 4.31. The van der Waals surface area contributed by atoms with Crippen molar-refractivity contribution in [1.82, 2.24) is 14.9 Å². The Kier molecular flexibility index (Phi) is 4.05. The van der Waals surface area contributed by atoms with Crippen LogP contribution in [0.3, 0.4) is 0 Å². The molecule has 0 saturated heterocycles. The van der Waals surface area contributed by atoms with Crippen molar-refractivity contribution in [3.05, 3.63) is 24.0 Å². The van der Waals surface area contributed by atoms with Gasteiger partial charge in [0.05, 0.1) is 11.0 Å². The van der Waals surface area contributed by atoms with Gasteiger partial charge in [0.2, 0.25) is 0 Å². The highest BCUT2D eigenvalue weighted by Gasteiger charge is 2.22. The number of aromatic nitrogens is 2. The molecule has 0 unspecified atom stereocenters. The van der Waals surface area contributed by atoms with Gasteiger partial charge < -0.3 is 15.2 Å². The van der Waals surface area contributed by atoms with Crippen molar-refractivity contribution in [3.63, 3.8) is 0 Å².